The minimum Gasteiger partial charge on any atom is -0.311 e. The highest BCUT2D eigenvalue weighted by molar-refractivity contribution is 9.10. The van der Waals surface area contributed by atoms with Crippen molar-refractivity contribution in [3.8, 4) is 0 Å². The van der Waals surface area contributed by atoms with Crippen LogP contribution in [0.3, 0.4) is 0 Å². The summed E-state index contributed by atoms with van der Waals surface area (Å²) in [6.07, 6.45) is 0.852. The van der Waals surface area contributed by atoms with Crippen LogP contribution in [0.2, 0.25) is 0 Å². The van der Waals surface area contributed by atoms with Crippen LogP contribution in [0.4, 0.5) is 9.52 Å². The summed E-state index contributed by atoms with van der Waals surface area (Å²) in [6, 6.07) is 4.44. The first kappa shape index (κ1) is 13.7. The lowest BCUT2D eigenvalue weighted by molar-refractivity contribution is 0.102. The maximum Gasteiger partial charge on any atom is 0.261 e. The lowest BCUT2D eigenvalue weighted by atomic mass is 10.2. The summed E-state index contributed by atoms with van der Waals surface area (Å²) in [7, 11) is 0. The van der Waals surface area contributed by atoms with Crippen LogP contribution < -0.4 is 10.6 Å². The fourth-order valence-electron chi connectivity index (χ4n) is 2.05. The highest BCUT2D eigenvalue weighted by Gasteiger charge is 2.19. The Morgan fingerprint density at radius 1 is 1.50 bits per heavy atom. The molecular formula is C13H11BrFN3OS. The Balaban J connectivity index is 1.84. The standard InChI is InChI=1S/C13H11BrFN3OS/c14-7-2-1-3-8(15)11(7)12(19)18-13-17-9-4-5-16-6-10(9)20-13/h1-3,16H,4-6H2,(H,17,18,19). The maximum absolute atomic E-state index is 13.7. The van der Waals surface area contributed by atoms with Gasteiger partial charge < -0.3 is 5.32 Å². The van der Waals surface area contributed by atoms with Gasteiger partial charge in [0.1, 0.15) is 5.82 Å². The van der Waals surface area contributed by atoms with Gasteiger partial charge in [-0.25, -0.2) is 9.37 Å². The number of carbonyl (C=O) groups excluding carboxylic acids is 1. The summed E-state index contributed by atoms with van der Waals surface area (Å²) in [5.41, 5.74) is 1.01. The predicted molar refractivity (Wildman–Crippen MR) is 79.6 cm³/mol. The van der Waals surface area contributed by atoms with Crippen molar-refractivity contribution in [3.05, 3.63) is 44.6 Å². The summed E-state index contributed by atoms with van der Waals surface area (Å²) in [4.78, 5) is 17.6. The Labute approximate surface area is 127 Å². The molecule has 0 fully saturated rings. The average Bonchev–Trinajstić information content (AvgIpc) is 2.80. The van der Waals surface area contributed by atoms with Gasteiger partial charge in [-0.1, -0.05) is 6.07 Å². The number of hydrogen-bond acceptors (Lipinski definition) is 4. The summed E-state index contributed by atoms with van der Waals surface area (Å²) in [6.45, 7) is 1.66. The van der Waals surface area contributed by atoms with Gasteiger partial charge in [0.25, 0.3) is 5.91 Å². The van der Waals surface area contributed by atoms with E-state index in [1.165, 1.54) is 17.4 Å². The zero-order valence-corrected chi connectivity index (χ0v) is 12.8. The van der Waals surface area contributed by atoms with E-state index in [1.54, 1.807) is 12.1 Å². The highest BCUT2D eigenvalue weighted by atomic mass is 79.9. The van der Waals surface area contributed by atoms with Crippen molar-refractivity contribution in [3.63, 3.8) is 0 Å². The number of nitrogens with one attached hydrogen (secondary N) is 2. The quantitative estimate of drug-likeness (QED) is 0.870. The number of anilines is 1. The number of aromatic nitrogens is 1. The number of halogens is 2. The van der Waals surface area contributed by atoms with Crippen molar-refractivity contribution in [1.29, 1.82) is 0 Å². The zero-order valence-electron chi connectivity index (χ0n) is 10.4. The van der Waals surface area contributed by atoms with Gasteiger partial charge in [-0.2, -0.15) is 0 Å². The second-order valence-electron chi connectivity index (χ2n) is 4.37. The van der Waals surface area contributed by atoms with Gasteiger partial charge in [0, 0.05) is 28.9 Å². The summed E-state index contributed by atoms with van der Waals surface area (Å²) in [5, 5.41) is 6.43. The van der Waals surface area contributed by atoms with Crippen LogP contribution in [-0.4, -0.2) is 17.4 Å². The number of rotatable bonds is 2. The minimum absolute atomic E-state index is 0.00111. The molecule has 4 nitrogen and oxygen atoms in total. The van der Waals surface area contributed by atoms with Crippen molar-refractivity contribution >= 4 is 38.3 Å². The van der Waals surface area contributed by atoms with E-state index in [-0.39, 0.29) is 5.56 Å². The van der Waals surface area contributed by atoms with E-state index >= 15 is 0 Å². The van der Waals surface area contributed by atoms with Crippen LogP contribution in [0.15, 0.2) is 22.7 Å². The molecule has 3 rings (SSSR count). The molecule has 2 aromatic rings. The maximum atomic E-state index is 13.7. The molecule has 20 heavy (non-hydrogen) atoms. The Bertz CT molecular complexity index is 630. The zero-order chi connectivity index (χ0) is 14.1. The van der Waals surface area contributed by atoms with Crippen LogP contribution in [0.25, 0.3) is 0 Å². The molecule has 0 saturated heterocycles. The molecule has 1 aromatic carbocycles. The second kappa shape index (κ2) is 5.59. The smallest absolute Gasteiger partial charge is 0.261 e. The average molecular weight is 356 g/mol. The van der Waals surface area contributed by atoms with Crippen molar-refractivity contribution in [2.45, 2.75) is 13.0 Å². The van der Waals surface area contributed by atoms with E-state index in [1.807, 2.05) is 0 Å². The van der Waals surface area contributed by atoms with Crippen LogP contribution in [0.5, 0.6) is 0 Å². The molecule has 0 atom stereocenters. The molecule has 0 bridgehead atoms. The van der Waals surface area contributed by atoms with Gasteiger partial charge in [-0.3, -0.25) is 10.1 Å². The molecule has 0 spiro atoms. The second-order valence-corrected chi connectivity index (χ2v) is 6.30. The first-order chi connectivity index (χ1) is 9.65. The Morgan fingerprint density at radius 3 is 3.10 bits per heavy atom. The number of benzene rings is 1. The fraction of sp³-hybridized carbons (Fsp3) is 0.231. The van der Waals surface area contributed by atoms with Gasteiger partial charge in [-0.05, 0) is 28.1 Å². The van der Waals surface area contributed by atoms with E-state index in [0.717, 1.165) is 30.1 Å². The van der Waals surface area contributed by atoms with Gasteiger partial charge in [0.2, 0.25) is 0 Å². The third-order valence-corrected chi connectivity index (χ3v) is 4.69. The molecule has 1 aliphatic rings. The van der Waals surface area contributed by atoms with Crippen LogP contribution in [0.1, 0.15) is 20.9 Å². The number of thiazole rings is 1. The molecule has 7 heteroatoms. The van der Waals surface area contributed by atoms with Gasteiger partial charge in [0.05, 0.1) is 11.3 Å². The molecule has 1 aliphatic heterocycles. The normalized spacial score (nSPS) is 13.9. The number of carbonyl (C=O) groups is 1. The molecule has 0 aliphatic carbocycles. The molecule has 0 radical (unpaired) electrons. The van der Waals surface area contributed by atoms with Gasteiger partial charge >= 0.3 is 0 Å². The largest absolute Gasteiger partial charge is 0.311 e. The van der Waals surface area contributed by atoms with Gasteiger partial charge in [0.15, 0.2) is 5.13 Å². The van der Waals surface area contributed by atoms with Crippen molar-refractivity contribution in [2.24, 2.45) is 0 Å². The lowest BCUT2D eigenvalue weighted by Crippen LogP contribution is -2.22. The fourth-order valence-corrected chi connectivity index (χ4v) is 3.55. The first-order valence-electron chi connectivity index (χ1n) is 6.10. The molecule has 104 valence electrons. The first-order valence-corrected chi connectivity index (χ1v) is 7.71. The molecule has 1 aromatic heterocycles. The van der Waals surface area contributed by atoms with Crippen LogP contribution >= 0.6 is 27.3 Å². The predicted octanol–water partition coefficient (Wildman–Crippen LogP) is 2.94. The van der Waals surface area contributed by atoms with E-state index in [9.17, 15) is 9.18 Å². The van der Waals surface area contributed by atoms with E-state index in [0.29, 0.717) is 9.60 Å². The molecule has 1 amide bonds. The molecule has 2 heterocycles. The number of nitrogens with zero attached hydrogens (tertiary/aromatic N) is 1. The number of hydrogen-bond donors (Lipinski definition) is 2. The number of fused-ring (bicyclic) bond motifs is 1. The Morgan fingerprint density at radius 2 is 2.35 bits per heavy atom. The van der Waals surface area contributed by atoms with E-state index < -0.39 is 11.7 Å². The molecular weight excluding hydrogens is 345 g/mol. The van der Waals surface area contributed by atoms with Crippen LogP contribution in [-0.2, 0) is 13.0 Å². The monoisotopic (exact) mass is 355 g/mol. The SMILES string of the molecule is O=C(Nc1nc2c(s1)CNCC2)c1c(F)cccc1Br. The Kier molecular flexibility index (Phi) is 3.82. The third kappa shape index (κ3) is 2.61. The van der Waals surface area contributed by atoms with Gasteiger partial charge in [-0.15, -0.1) is 11.3 Å². The topological polar surface area (TPSA) is 54.0 Å². The molecule has 0 saturated carbocycles. The highest BCUT2D eigenvalue weighted by Crippen LogP contribution is 2.27. The van der Waals surface area contributed by atoms with Crippen molar-refractivity contribution in [1.82, 2.24) is 10.3 Å². The van der Waals surface area contributed by atoms with Crippen molar-refractivity contribution in [2.75, 3.05) is 11.9 Å². The van der Waals surface area contributed by atoms with Crippen LogP contribution in [0, 0.1) is 5.82 Å². The summed E-state index contributed by atoms with van der Waals surface area (Å²) >= 11 is 4.62. The lowest BCUT2D eigenvalue weighted by Gasteiger charge is -2.09. The van der Waals surface area contributed by atoms with E-state index in [4.69, 9.17) is 0 Å². The third-order valence-electron chi connectivity index (χ3n) is 3.01. The Hall–Kier alpha value is -1.31. The minimum atomic E-state index is -0.556. The van der Waals surface area contributed by atoms with E-state index in [2.05, 4.69) is 31.5 Å². The molecule has 2 N–H and O–H groups in total. The van der Waals surface area contributed by atoms with Crippen molar-refractivity contribution < 1.29 is 9.18 Å². The summed E-state index contributed by atoms with van der Waals surface area (Å²) < 4.78 is 14.1. The number of amides is 1. The molecule has 0 unspecified atom stereocenters. The summed E-state index contributed by atoms with van der Waals surface area (Å²) in [5.74, 6) is -1.05.